The molecule has 106 valence electrons. The van der Waals surface area contributed by atoms with Gasteiger partial charge in [-0.15, -0.1) is 0 Å². The van der Waals surface area contributed by atoms with Gasteiger partial charge in [-0.3, -0.25) is 0 Å². The zero-order valence-corrected chi connectivity index (χ0v) is 12.0. The molecule has 1 aromatic carbocycles. The van der Waals surface area contributed by atoms with Gasteiger partial charge in [0.25, 0.3) is 0 Å². The lowest BCUT2D eigenvalue weighted by atomic mass is 10.3. The van der Waals surface area contributed by atoms with Crippen LogP contribution in [0.5, 0.6) is 0 Å². The predicted molar refractivity (Wildman–Crippen MR) is 72.7 cm³/mol. The molecule has 0 fully saturated rings. The van der Waals surface area contributed by atoms with Crippen molar-refractivity contribution in [3.05, 3.63) is 52.4 Å². The summed E-state index contributed by atoms with van der Waals surface area (Å²) in [5, 5.41) is 8.99. The molecule has 0 amide bonds. The van der Waals surface area contributed by atoms with Crippen LogP contribution in [0.3, 0.4) is 0 Å². The molecule has 0 spiro atoms. The summed E-state index contributed by atoms with van der Waals surface area (Å²) in [6.07, 6.45) is 0. The fourth-order valence-electron chi connectivity index (χ4n) is 1.79. The smallest absolute Gasteiger partial charge is 0.372 e. The van der Waals surface area contributed by atoms with Crippen LogP contribution in [-0.4, -0.2) is 19.5 Å². The fourth-order valence-corrected chi connectivity index (χ4v) is 3.61. The minimum Gasteiger partial charge on any atom is -0.475 e. The first kappa shape index (κ1) is 14.6. The largest absolute Gasteiger partial charge is 0.475 e. The van der Waals surface area contributed by atoms with Gasteiger partial charge in [-0.25, -0.2) is 13.2 Å². The molecule has 0 radical (unpaired) electrons. The first-order valence-electron chi connectivity index (χ1n) is 5.61. The number of hydrogen-bond donors (Lipinski definition) is 1. The summed E-state index contributed by atoms with van der Waals surface area (Å²) in [4.78, 5) is 10.9. The van der Waals surface area contributed by atoms with E-state index in [-0.39, 0.29) is 21.4 Å². The average Bonchev–Trinajstić information content (AvgIpc) is 2.69. The van der Waals surface area contributed by atoms with Crippen LogP contribution in [0.15, 0.2) is 39.6 Å². The van der Waals surface area contributed by atoms with E-state index in [0.29, 0.717) is 5.56 Å². The molecule has 0 saturated carbocycles. The minimum atomic E-state index is -3.69. The topological polar surface area (TPSA) is 84.6 Å². The zero-order valence-electron chi connectivity index (χ0n) is 10.5. The van der Waals surface area contributed by atoms with Crippen molar-refractivity contribution in [2.75, 3.05) is 0 Å². The van der Waals surface area contributed by atoms with Crippen molar-refractivity contribution < 1.29 is 22.7 Å². The summed E-state index contributed by atoms with van der Waals surface area (Å²) >= 11 is 5.86. The van der Waals surface area contributed by atoms with E-state index in [1.165, 1.54) is 18.2 Å². The molecular formula is C13H11ClO5S. The Bertz CT molecular complexity index is 761. The number of carboxylic acids is 1. The molecule has 20 heavy (non-hydrogen) atoms. The van der Waals surface area contributed by atoms with Crippen LogP contribution in [0.25, 0.3) is 0 Å². The number of sulfone groups is 1. The summed E-state index contributed by atoms with van der Waals surface area (Å²) in [7, 11) is -3.69. The maximum Gasteiger partial charge on any atom is 0.372 e. The minimum absolute atomic E-state index is 0.00686. The normalized spacial score (nSPS) is 11.5. The van der Waals surface area contributed by atoms with E-state index >= 15 is 0 Å². The standard InChI is InChI=1S/C13H11ClO5S/c1-8-6-9(19-12(8)13(15)16)7-20(17,18)11-5-3-2-4-10(11)14/h2-6H,7H2,1H3,(H,15,16). The number of aromatic carboxylic acids is 1. The lowest BCUT2D eigenvalue weighted by Gasteiger charge is -2.04. The lowest BCUT2D eigenvalue weighted by molar-refractivity contribution is 0.0659. The third kappa shape index (κ3) is 2.86. The molecule has 7 heteroatoms. The molecule has 0 aliphatic carbocycles. The summed E-state index contributed by atoms with van der Waals surface area (Å²) in [6.45, 7) is 1.54. The highest BCUT2D eigenvalue weighted by Crippen LogP contribution is 2.25. The van der Waals surface area contributed by atoms with Crippen molar-refractivity contribution in [3.63, 3.8) is 0 Å². The Balaban J connectivity index is 2.37. The van der Waals surface area contributed by atoms with Crippen LogP contribution >= 0.6 is 11.6 Å². The number of rotatable bonds is 4. The van der Waals surface area contributed by atoms with Gasteiger partial charge >= 0.3 is 5.97 Å². The van der Waals surface area contributed by atoms with Crippen LogP contribution in [0.4, 0.5) is 0 Å². The highest BCUT2D eigenvalue weighted by Gasteiger charge is 2.22. The molecule has 2 rings (SSSR count). The first-order valence-corrected chi connectivity index (χ1v) is 7.64. The summed E-state index contributed by atoms with van der Waals surface area (Å²) in [5.74, 6) is -1.86. The molecule has 0 saturated heterocycles. The van der Waals surface area contributed by atoms with Gasteiger partial charge in [0, 0.05) is 5.56 Å². The van der Waals surface area contributed by atoms with E-state index < -0.39 is 21.6 Å². The molecule has 1 N–H and O–H groups in total. The molecule has 0 bridgehead atoms. The number of carboxylic acid groups (broad SMARTS) is 1. The molecule has 0 aliphatic rings. The Labute approximate surface area is 120 Å². The second kappa shape index (κ2) is 5.30. The monoisotopic (exact) mass is 314 g/mol. The highest BCUT2D eigenvalue weighted by atomic mass is 35.5. The first-order chi connectivity index (χ1) is 9.31. The predicted octanol–water partition coefficient (Wildman–Crippen LogP) is 2.91. The van der Waals surface area contributed by atoms with E-state index in [0.717, 1.165) is 0 Å². The highest BCUT2D eigenvalue weighted by molar-refractivity contribution is 7.90. The quantitative estimate of drug-likeness (QED) is 0.938. The van der Waals surface area contributed by atoms with Crippen molar-refractivity contribution in [1.82, 2.24) is 0 Å². The van der Waals surface area contributed by atoms with Gasteiger partial charge in [0.05, 0.1) is 9.92 Å². The lowest BCUT2D eigenvalue weighted by Crippen LogP contribution is -2.05. The Morgan fingerprint density at radius 1 is 1.35 bits per heavy atom. The van der Waals surface area contributed by atoms with Crippen LogP contribution in [0.1, 0.15) is 21.9 Å². The summed E-state index contributed by atoms with van der Waals surface area (Å²) in [6, 6.07) is 7.46. The van der Waals surface area contributed by atoms with E-state index in [2.05, 4.69) is 0 Å². The van der Waals surface area contributed by atoms with E-state index in [4.69, 9.17) is 21.1 Å². The van der Waals surface area contributed by atoms with E-state index in [1.807, 2.05) is 0 Å². The maximum absolute atomic E-state index is 12.2. The van der Waals surface area contributed by atoms with Crippen molar-refractivity contribution in [2.45, 2.75) is 17.6 Å². The number of furan rings is 1. The molecule has 2 aromatic rings. The van der Waals surface area contributed by atoms with Crippen LogP contribution < -0.4 is 0 Å². The van der Waals surface area contributed by atoms with Gasteiger partial charge < -0.3 is 9.52 Å². The molecular weight excluding hydrogens is 304 g/mol. The molecule has 1 heterocycles. The molecule has 0 unspecified atom stereocenters. The number of aryl methyl sites for hydroxylation is 1. The maximum atomic E-state index is 12.2. The van der Waals surface area contributed by atoms with Gasteiger partial charge in [0.15, 0.2) is 9.84 Å². The molecule has 5 nitrogen and oxygen atoms in total. The van der Waals surface area contributed by atoms with Gasteiger partial charge in [-0.05, 0) is 25.1 Å². The van der Waals surface area contributed by atoms with Crippen molar-refractivity contribution in [1.29, 1.82) is 0 Å². The van der Waals surface area contributed by atoms with Crippen molar-refractivity contribution >= 4 is 27.4 Å². The molecule has 0 atom stereocenters. The van der Waals surface area contributed by atoms with Crippen LogP contribution in [-0.2, 0) is 15.6 Å². The number of hydrogen-bond acceptors (Lipinski definition) is 4. The average molecular weight is 315 g/mol. The van der Waals surface area contributed by atoms with Crippen molar-refractivity contribution in [2.24, 2.45) is 0 Å². The van der Waals surface area contributed by atoms with Crippen LogP contribution in [0, 0.1) is 6.92 Å². The second-order valence-corrected chi connectivity index (χ2v) is 6.58. The van der Waals surface area contributed by atoms with Gasteiger partial charge in [-0.1, -0.05) is 23.7 Å². The number of halogens is 1. The summed E-state index contributed by atoms with van der Waals surface area (Å²) in [5.41, 5.74) is 0.377. The third-order valence-corrected chi connectivity index (χ3v) is 4.80. The van der Waals surface area contributed by atoms with Gasteiger partial charge in [0.2, 0.25) is 5.76 Å². The number of benzene rings is 1. The Kier molecular flexibility index (Phi) is 3.87. The Hall–Kier alpha value is -1.79. The second-order valence-electron chi connectivity index (χ2n) is 4.22. The van der Waals surface area contributed by atoms with Gasteiger partial charge in [0.1, 0.15) is 11.5 Å². The third-order valence-electron chi connectivity index (χ3n) is 2.67. The number of carbonyl (C=O) groups is 1. The summed E-state index contributed by atoms with van der Waals surface area (Å²) < 4.78 is 29.5. The molecule has 0 aliphatic heterocycles. The fraction of sp³-hybridized carbons (Fsp3) is 0.154. The van der Waals surface area contributed by atoms with Gasteiger partial charge in [-0.2, -0.15) is 0 Å². The van der Waals surface area contributed by atoms with E-state index in [9.17, 15) is 13.2 Å². The van der Waals surface area contributed by atoms with Crippen LogP contribution in [0.2, 0.25) is 5.02 Å². The zero-order chi connectivity index (χ0) is 14.9. The Morgan fingerprint density at radius 3 is 2.55 bits per heavy atom. The molecule has 1 aromatic heterocycles. The SMILES string of the molecule is Cc1cc(CS(=O)(=O)c2ccccc2Cl)oc1C(=O)O. The van der Waals surface area contributed by atoms with Crippen molar-refractivity contribution in [3.8, 4) is 0 Å². The Morgan fingerprint density at radius 2 is 2.00 bits per heavy atom. The van der Waals surface area contributed by atoms with E-state index in [1.54, 1.807) is 19.1 Å².